The van der Waals surface area contributed by atoms with Crippen LogP contribution in [0.15, 0.2) is 29.0 Å². The van der Waals surface area contributed by atoms with Gasteiger partial charge in [0.15, 0.2) is 11.5 Å². The third-order valence-electron chi connectivity index (χ3n) is 5.31. The second kappa shape index (κ2) is 9.21. The lowest BCUT2D eigenvalue weighted by atomic mass is 10.0. The van der Waals surface area contributed by atoms with Crippen LogP contribution >= 0.6 is 0 Å². The number of carbonyl (C=O) groups excluding carboxylic acids is 2. The van der Waals surface area contributed by atoms with Gasteiger partial charge in [-0.15, -0.1) is 0 Å². The summed E-state index contributed by atoms with van der Waals surface area (Å²) >= 11 is 0. The van der Waals surface area contributed by atoms with E-state index in [1.54, 1.807) is 30.0 Å². The molecule has 2 aliphatic rings. The molecule has 8 heteroatoms. The largest absolute Gasteiger partial charge is 0.493 e. The molecule has 0 saturated carbocycles. The lowest BCUT2D eigenvalue weighted by Crippen LogP contribution is -2.33. The quantitative estimate of drug-likeness (QED) is 0.498. The van der Waals surface area contributed by atoms with Crippen molar-refractivity contribution in [3.05, 3.63) is 34.5 Å². The molecule has 3 rings (SSSR count). The van der Waals surface area contributed by atoms with Crippen LogP contribution in [0.2, 0.25) is 0 Å². The number of methoxy groups -OCH3 is 4. The average molecular weight is 417 g/mol. The van der Waals surface area contributed by atoms with Crippen LogP contribution in [0.5, 0.6) is 17.2 Å². The fraction of sp³-hybridized carbons (Fsp3) is 0.455. The van der Waals surface area contributed by atoms with E-state index >= 15 is 0 Å². The fourth-order valence-corrected chi connectivity index (χ4v) is 3.79. The van der Waals surface area contributed by atoms with Gasteiger partial charge < -0.3 is 28.6 Å². The van der Waals surface area contributed by atoms with E-state index in [2.05, 4.69) is 0 Å². The summed E-state index contributed by atoms with van der Waals surface area (Å²) in [7, 11) is 5.85. The summed E-state index contributed by atoms with van der Waals surface area (Å²) in [6.07, 6.45) is 3.45. The number of amides is 1. The van der Waals surface area contributed by atoms with Crippen molar-refractivity contribution in [3.8, 4) is 17.2 Å². The highest BCUT2D eigenvalue weighted by atomic mass is 16.5. The topological polar surface area (TPSA) is 83.5 Å². The standard InChI is InChI=1S/C22H27NO7/c1-13-19(22(25)29-5)16(21(24)23(13)12-15-7-6-8-30-15)9-14-10-17(26-2)20(28-4)18(11-14)27-3/h9-11,15H,6-8,12H2,1-5H3. The summed E-state index contributed by atoms with van der Waals surface area (Å²) in [6, 6.07) is 3.43. The number of hydrogen-bond donors (Lipinski definition) is 0. The number of esters is 1. The molecule has 1 saturated heterocycles. The third-order valence-corrected chi connectivity index (χ3v) is 5.31. The molecule has 1 fully saturated rings. The van der Waals surface area contributed by atoms with E-state index in [4.69, 9.17) is 23.7 Å². The van der Waals surface area contributed by atoms with E-state index in [9.17, 15) is 9.59 Å². The van der Waals surface area contributed by atoms with Crippen LogP contribution in [0.4, 0.5) is 0 Å². The molecule has 1 unspecified atom stereocenters. The van der Waals surface area contributed by atoms with Crippen LogP contribution in [0, 0.1) is 0 Å². The third kappa shape index (κ3) is 4.00. The average Bonchev–Trinajstić information content (AvgIpc) is 3.35. The van der Waals surface area contributed by atoms with Crippen LogP contribution in [-0.2, 0) is 19.1 Å². The molecule has 2 aliphatic heterocycles. The van der Waals surface area contributed by atoms with Crippen molar-refractivity contribution < 1.29 is 33.3 Å². The first-order valence-electron chi connectivity index (χ1n) is 9.69. The molecule has 0 aliphatic carbocycles. The molecule has 0 bridgehead atoms. The van der Waals surface area contributed by atoms with Gasteiger partial charge in [-0.05, 0) is 43.5 Å². The molecular weight excluding hydrogens is 390 g/mol. The van der Waals surface area contributed by atoms with E-state index in [0.29, 0.717) is 41.7 Å². The number of ether oxygens (including phenoxy) is 5. The lowest BCUT2D eigenvalue weighted by Gasteiger charge is -2.21. The van der Waals surface area contributed by atoms with Crippen molar-refractivity contribution >= 4 is 18.0 Å². The summed E-state index contributed by atoms with van der Waals surface area (Å²) in [5.41, 5.74) is 1.68. The molecule has 1 atom stereocenters. The van der Waals surface area contributed by atoms with Gasteiger partial charge in [0.2, 0.25) is 5.75 Å². The Kier molecular flexibility index (Phi) is 6.66. The Morgan fingerprint density at radius 3 is 2.33 bits per heavy atom. The van der Waals surface area contributed by atoms with Gasteiger partial charge in [0.05, 0.1) is 52.2 Å². The van der Waals surface area contributed by atoms with Crippen molar-refractivity contribution in [3.63, 3.8) is 0 Å². The van der Waals surface area contributed by atoms with E-state index in [0.717, 1.165) is 12.8 Å². The molecule has 1 aromatic carbocycles. The number of rotatable bonds is 7. The SMILES string of the molecule is COC(=O)C1=C(C)N(CC2CCCO2)C(=O)C1=Cc1cc(OC)c(OC)c(OC)c1. The minimum atomic E-state index is -0.561. The van der Waals surface area contributed by atoms with Crippen molar-refractivity contribution in [1.82, 2.24) is 4.90 Å². The zero-order valence-corrected chi connectivity index (χ0v) is 17.9. The Morgan fingerprint density at radius 2 is 1.83 bits per heavy atom. The molecule has 162 valence electrons. The van der Waals surface area contributed by atoms with Gasteiger partial charge in [-0.25, -0.2) is 4.79 Å². The van der Waals surface area contributed by atoms with Gasteiger partial charge in [-0.2, -0.15) is 0 Å². The molecule has 1 aromatic rings. The van der Waals surface area contributed by atoms with Crippen molar-refractivity contribution in [1.29, 1.82) is 0 Å². The molecule has 30 heavy (non-hydrogen) atoms. The number of carbonyl (C=O) groups is 2. The minimum absolute atomic E-state index is 0.0386. The molecule has 1 amide bonds. The van der Waals surface area contributed by atoms with Crippen molar-refractivity contribution in [2.75, 3.05) is 41.6 Å². The Balaban J connectivity index is 2.05. The van der Waals surface area contributed by atoms with E-state index in [1.165, 1.54) is 28.4 Å². The smallest absolute Gasteiger partial charge is 0.340 e. The molecule has 2 heterocycles. The molecule has 0 spiro atoms. The zero-order chi connectivity index (χ0) is 21.8. The Hall–Kier alpha value is -3.00. The summed E-state index contributed by atoms with van der Waals surface area (Å²) in [6.45, 7) is 2.83. The van der Waals surface area contributed by atoms with Crippen molar-refractivity contribution in [2.45, 2.75) is 25.9 Å². The maximum absolute atomic E-state index is 13.2. The normalized spacial score (nSPS) is 20.2. The Morgan fingerprint density at radius 1 is 1.17 bits per heavy atom. The predicted octanol–water partition coefficient (Wildman–Crippen LogP) is 2.56. The predicted molar refractivity (Wildman–Crippen MR) is 109 cm³/mol. The van der Waals surface area contributed by atoms with Gasteiger partial charge in [0.1, 0.15) is 0 Å². The Bertz CT molecular complexity index is 872. The van der Waals surface area contributed by atoms with Crippen molar-refractivity contribution in [2.24, 2.45) is 0 Å². The molecule has 8 nitrogen and oxygen atoms in total. The van der Waals surface area contributed by atoms with Gasteiger partial charge in [0, 0.05) is 12.3 Å². The monoisotopic (exact) mass is 417 g/mol. The first-order chi connectivity index (χ1) is 14.4. The number of benzene rings is 1. The minimum Gasteiger partial charge on any atom is -0.493 e. The first-order valence-corrected chi connectivity index (χ1v) is 9.69. The zero-order valence-electron chi connectivity index (χ0n) is 17.9. The molecule has 0 N–H and O–H groups in total. The van der Waals surface area contributed by atoms with Crippen LogP contribution < -0.4 is 14.2 Å². The van der Waals surface area contributed by atoms with Crippen LogP contribution in [0.1, 0.15) is 25.3 Å². The summed E-state index contributed by atoms with van der Waals surface area (Å²) in [5.74, 6) is 0.516. The van der Waals surface area contributed by atoms with Crippen LogP contribution in [0.25, 0.3) is 6.08 Å². The lowest BCUT2D eigenvalue weighted by molar-refractivity contribution is -0.136. The molecule has 0 radical (unpaired) electrons. The fourth-order valence-electron chi connectivity index (χ4n) is 3.79. The summed E-state index contributed by atoms with van der Waals surface area (Å²) in [5, 5.41) is 0. The van der Waals surface area contributed by atoms with Gasteiger partial charge in [0.25, 0.3) is 5.91 Å². The summed E-state index contributed by atoms with van der Waals surface area (Å²) < 4.78 is 26.7. The van der Waals surface area contributed by atoms with E-state index < -0.39 is 5.97 Å². The van der Waals surface area contributed by atoms with E-state index in [-0.39, 0.29) is 23.2 Å². The summed E-state index contributed by atoms with van der Waals surface area (Å²) in [4.78, 5) is 27.3. The Labute approximate surface area is 176 Å². The van der Waals surface area contributed by atoms with Gasteiger partial charge in [-0.1, -0.05) is 0 Å². The van der Waals surface area contributed by atoms with Gasteiger partial charge >= 0.3 is 5.97 Å². The van der Waals surface area contributed by atoms with Gasteiger partial charge in [-0.3, -0.25) is 4.79 Å². The second-order valence-corrected chi connectivity index (χ2v) is 7.02. The van der Waals surface area contributed by atoms with E-state index in [1.807, 2.05) is 0 Å². The maximum atomic E-state index is 13.2. The number of nitrogens with zero attached hydrogens (tertiary/aromatic N) is 1. The second-order valence-electron chi connectivity index (χ2n) is 7.02. The molecular formula is C22H27NO7. The van der Waals surface area contributed by atoms with Crippen LogP contribution in [-0.4, -0.2) is 64.5 Å². The first kappa shape index (κ1) is 21.7. The molecule has 0 aromatic heterocycles. The highest BCUT2D eigenvalue weighted by Gasteiger charge is 2.38. The number of allylic oxidation sites excluding steroid dienone is 1. The maximum Gasteiger partial charge on any atom is 0.340 e. The highest BCUT2D eigenvalue weighted by molar-refractivity contribution is 6.16. The van der Waals surface area contributed by atoms with Crippen LogP contribution in [0.3, 0.4) is 0 Å². The highest BCUT2D eigenvalue weighted by Crippen LogP contribution is 2.40. The number of hydrogen-bond acceptors (Lipinski definition) is 7.